The minimum absolute atomic E-state index is 0. The third-order valence-electron chi connectivity index (χ3n) is 3.76. The molecular formula is C23H43N2NaO8. The molecule has 0 aliphatic carbocycles. The minimum atomic E-state index is -0.549. The summed E-state index contributed by atoms with van der Waals surface area (Å²) in [6, 6.07) is 0. The van der Waals surface area contributed by atoms with Gasteiger partial charge in [0.25, 0.3) is 0 Å². The molecular weight excluding hydrogens is 455 g/mol. The number of amides is 2. The largest absolute Gasteiger partial charge is 1.00 e. The molecule has 0 aromatic carbocycles. The van der Waals surface area contributed by atoms with Gasteiger partial charge < -0.3 is 31.0 Å². The van der Waals surface area contributed by atoms with Gasteiger partial charge in [-0.05, 0) is 74.1 Å². The van der Waals surface area contributed by atoms with Crippen LogP contribution in [0, 0.1) is 0 Å². The van der Waals surface area contributed by atoms with Crippen molar-refractivity contribution in [2.75, 3.05) is 19.7 Å². The van der Waals surface area contributed by atoms with Crippen LogP contribution in [0.4, 0.5) is 9.59 Å². The van der Waals surface area contributed by atoms with Gasteiger partial charge in [-0.2, -0.15) is 0 Å². The van der Waals surface area contributed by atoms with E-state index in [1.54, 1.807) is 48.5 Å². The van der Waals surface area contributed by atoms with Crippen molar-refractivity contribution in [1.82, 2.24) is 10.6 Å². The molecule has 1 unspecified atom stereocenters. The first kappa shape index (κ1) is 34.6. The van der Waals surface area contributed by atoms with E-state index in [4.69, 9.17) is 18.9 Å². The summed E-state index contributed by atoms with van der Waals surface area (Å²) in [7, 11) is 0. The zero-order chi connectivity index (χ0) is 25.5. The van der Waals surface area contributed by atoms with Gasteiger partial charge in [-0.3, -0.25) is 9.59 Å². The van der Waals surface area contributed by atoms with Crippen LogP contribution >= 0.6 is 0 Å². The molecule has 0 aromatic heterocycles. The average molecular weight is 499 g/mol. The number of hydrogen-bond acceptors (Lipinski definition) is 8. The normalized spacial score (nSPS) is 12.0. The van der Waals surface area contributed by atoms with E-state index >= 15 is 0 Å². The number of carbonyl (C=O) groups excluding carboxylic acids is 4. The predicted octanol–water partition coefficient (Wildman–Crippen LogP) is 0.968. The van der Waals surface area contributed by atoms with Crippen LogP contribution in [-0.2, 0) is 28.5 Å². The Balaban J connectivity index is -0.00000512. The van der Waals surface area contributed by atoms with Crippen LogP contribution in [0.3, 0.4) is 0 Å². The van der Waals surface area contributed by atoms with Crippen molar-refractivity contribution in [2.24, 2.45) is 0 Å². The quantitative estimate of drug-likeness (QED) is 0.166. The Hall–Kier alpha value is -1.52. The topological polar surface area (TPSA) is 129 Å². The number of carbonyl (C=O) groups is 4. The maximum absolute atomic E-state index is 11.8. The van der Waals surface area contributed by atoms with E-state index in [1.807, 2.05) is 0 Å². The van der Waals surface area contributed by atoms with Gasteiger partial charge >= 0.3 is 53.7 Å². The van der Waals surface area contributed by atoms with Crippen LogP contribution in [0.1, 0.15) is 88.4 Å². The van der Waals surface area contributed by atoms with Crippen molar-refractivity contribution in [3.63, 3.8) is 0 Å². The summed E-state index contributed by atoms with van der Waals surface area (Å²) in [5, 5.41) is 5.25. The molecule has 0 saturated carbocycles. The minimum Gasteiger partial charge on any atom is -1.00 e. The molecule has 0 radical (unpaired) electrons. The summed E-state index contributed by atoms with van der Waals surface area (Å²) in [6.45, 7) is 13.2. The van der Waals surface area contributed by atoms with Gasteiger partial charge in [-0.15, -0.1) is 0 Å². The average Bonchev–Trinajstić information content (AvgIpc) is 2.63. The fourth-order valence-electron chi connectivity index (χ4n) is 2.40. The van der Waals surface area contributed by atoms with Crippen molar-refractivity contribution in [3.8, 4) is 0 Å². The Bertz CT molecular complexity index is 636. The molecule has 194 valence electrons. The zero-order valence-corrected chi connectivity index (χ0v) is 24.2. The molecule has 0 bridgehead atoms. The van der Waals surface area contributed by atoms with E-state index in [2.05, 4.69) is 10.6 Å². The maximum atomic E-state index is 11.8. The maximum Gasteiger partial charge on any atom is 1.00 e. The molecule has 0 rings (SSSR count). The molecule has 0 aliphatic heterocycles. The third-order valence-corrected chi connectivity index (χ3v) is 3.76. The molecule has 11 heteroatoms. The standard InChI is InChI=1S/C23H42N2O8.Na.H/c1-17(31-19(27)13-9-11-15-25-21(29)33-23(5,6)7)16-30-18(26)12-8-10-14-24-20(28)32-22(2,3)4;;/h17H,8-16H2,1-7H3,(H,24,28)(H,25,29);;/q;+1;-1. The van der Waals surface area contributed by atoms with Crippen LogP contribution in [0.5, 0.6) is 0 Å². The summed E-state index contributed by atoms with van der Waals surface area (Å²) >= 11 is 0. The van der Waals surface area contributed by atoms with E-state index in [-0.39, 0.29) is 62.4 Å². The molecule has 2 N–H and O–H groups in total. The number of alkyl carbamates (subject to hydrolysis) is 2. The smallest absolute Gasteiger partial charge is 1.00 e. The molecule has 2 amide bonds. The second-order valence-corrected chi connectivity index (χ2v) is 9.76. The van der Waals surface area contributed by atoms with Crippen LogP contribution in [0.15, 0.2) is 0 Å². The zero-order valence-electron chi connectivity index (χ0n) is 23.2. The van der Waals surface area contributed by atoms with Gasteiger partial charge in [0.15, 0.2) is 0 Å². The van der Waals surface area contributed by atoms with Gasteiger partial charge in [0.2, 0.25) is 0 Å². The van der Waals surface area contributed by atoms with Gasteiger partial charge in [0, 0.05) is 25.9 Å². The Labute approximate surface area is 227 Å². The molecule has 0 fully saturated rings. The third kappa shape index (κ3) is 23.6. The van der Waals surface area contributed by atoms with E-state index in [0.29, 0.717) is 38.8 Å². The molecule has 0 saturated heterocycles. The van der Waals surface area contributed by atoms with E-state index in [0.717, 1.165) is 0 Å². The second kappa shape index (κ2) is 17.8. The summed E-state index contributed by atoms with van der Waals surface area (Å²) < 4.78 is 20.6. The van der Waals surface area contributed by atoms with Crippen molar-refractivity contribution < 1.29 is 69.1 Å². The summed E-state index contributed by atoms with van der Waals surface area (Å²) in [5.41, 5.74) is -1.10. The number of esters is 2. The van der Waals surface area contributed by atoms with Crippen LogP contribution in [0.25, 0.3) is 0 Å². The fraction of sp³-hybridized carbons (Fsp3) is 0.826. The molecule has 1 atom stereocenters. The summed E-state index contributed by atoms with van der Waals surface area (Å²) in [4.78, 5) is 46.6. The Morgan fingerprint density at radius 1 is 0.735 bits per heavy atom. The first-order valence-corrected chi connectivity index (χ1v) is 11.5. The molecule has 0 aliphatic rings. The first-order chi connectivity index (χ1) is 15.2. The van der Waals surface area contributed by atoms with E-state index < -0.39 is 29.5 Å². The monoisotopic (exact) mass is 498 g/mol. The van der Waals surface area contributed by atoms with Crippen molar-refractivity contribution in [1.29, 1.82) is 0 Å². The molecule has 0 heterocycles. The van der Waals surface area contributed by atoms with E-state index in [1.165, 1.54) is 0 Å². The summed E-state index contributed by atoms with van der Waals surface area (Å²) in [6.07, 6.45) is 1.23. The number of nitrogens with one attached hydrogen (secondary N) is 2. The SMILES string of the molecule is CC(COC(=O)CCCCNC(=O)OC(C)(C)C)OC(=O)CCCCNC(=O)OC(C)(C)C.[H-].[Na+]. The van der Waals surface area contributed by atoms with Crippen LogP contribution in [-0.4, -0.2) is 61.1 Å². The Kier molecular flexibility index (Phi) is 18.2. The number of unbranched alkanes of at least 4 members (excludes halogenated alkanes) is 2. The molecule has 10 nitrogen and oxygen atoms in total. The second-order valence-electron chi connectivity index (χ2n) is 9.76. The first-order valence-electron chi connectivity index (χ1n) is 11.5. The Morgan fingerprint density at radius 3 is 1.56 bits per heavy atom. The predicted molar refractivity (Wildman–Crippen MR) is 124 cm³/mol. The van der Waals surface area contributed by atoms with Crippen molar-refractivity contribution in [3.05, 3.63) is 0 Å². The number of ether oxygens (including phenoxy) is 4. The number of rotatable bonds is 13. The fourth-order valence-corrected chi connectivity index (χ4v) is 2.40. The van der Waals surface area contributed by atoms with Gasteiger partial charge in [0.05, 0.1) is 0 Å². The van der Waals surface area contributed by atoms with Gasteiger partial charge in [-0.1, -0.05) is 0 Å². The number of hydrogen-bond donors (Lipinski definition) is 2. The molecule has 0 aromatic rings. The van der Waals surface area contributed by atoms with Crippen LogP contribution < -0.4 is 40.2 Å². The van der Waals surface area contributed by atoms with E-state index in [9.17, 15) is 19.2 Å². The molecule has 0 spiro atoms. The summed E-state index contributed by atoms with van der Waals surface area (Å²) in [5.74, 6) is -0.771. The Morgan fingerprint density at radius 2 is 1.15 bits per heavy atom. The van der Waals surface area contributed by atoms with Gasteiger partial charge in [0.1, 0.15) is 23.9 Å². The molecule has 34 heavy (non-hydrogen) atoms. The van der Waals surface area contributed by atoms with Crippen molar-refractivity contribution in [2.45, 2.75) is 104 Å². The van der Waals surface area contributed by atoms with Crippen molar-refractivity contribution >= 4 is 24.1 Å². The van der Waals surface area contributed by atoms with Gasteiger partial charge in [-0.25, -0.2) is 9.59 Å². The van der Waals surface area contributed by atoms with Crippen LogP contribution in [0.2, 0.25) is 0 Å².